The van der Waals surface area contributed by atoms with E-state index >= 15 is 0 Å². The van der Waals surface area contributed by atoms with Crippen LogP contribution in [0.15, 0.2) is 41.2 Å². The highest BCUT2D eigenvalue weighted by Gasteiger charge is 2.12. The molecule has 0 aliphatic rings. The standard InChI is InChI=1S/C16H13ClN2O/c1-9-3-4-10(2)14-13(9)15(18-19-16(14)20)11-5-7-12(17)8-6-11/h3-8H,1-2H3,(H,19,20). The van der Waals surface area contributed by atoms with Gasteiger partial charge in [0, 0.05) is 16.0 Å². The molecule has 0 aliphatic heterocycles. The van der Waals surface area contributed by atoms with Gasteiger partial charge in [0.05, 0.1) is 11.1 Å². The highest BCUT2D eigenvalue weighted by molar-refractivity contribution is 6.30. The number of aromatic amines is 1. The number of hydrogen-bond donors (Lipinski definition) is 1. The van der Waals surface area contributed by atoms with E-state index in [2.05, 4.69) is 10.2 Å². The van der Waals surface area contributed by atoms with Crippen LogP contribution in [0.4, 0.5) is 0 Å². The fourth-order valence-corrected chi connectivity index (χ4v) is 2.57. The molecular weight excluding hydrogens is 272 g/mol. The number of fused-ring (bicyclic) bond motifs is 1. The van der Waals surface area contributed by atoms with Crippen molar-refractivity contribution in [3.8, 4) is 11.3 Å². The molecule has 4 heteroatoms. The molecule has 0 atom stereocenters. The molecule has 3 aromatic rings. The van der Waals surface area contributed by atoms with Crippen LogP contribution < -0.4 is 5.56 Å². The molecule has 0 fully saturated rings. The summed E-state index contributed by atoms with van der Waals surface area (Å²) in [7, 11) is 0. The van der Waals surface area contributed by atoms with Crippen molar-refractivity contribution in [3.63, 3.8) is 0 Å². The summed E-state index contributed by atoms with van der Waals surface area (Å²) in [6, 6.07) is 11.4. The van der Waals surface area contributed by atoms with Crippen molar-refractivity contribution in [1.82, 2.24) is 10.2 Å². The average molecular weight is 285 g/mol. The Bertz CT molecular complexity index is 851. The van der Waals surface area contributed by atoms with Crippen LogP contribution in [0.2, 0.25) is 5.02 Å². The normalized spacial score (nSPS) is 10.9. The number of hydrogen-bond acceptors (Lipinski definition) is 2. The zero-order valence-corrected chi connectivity index (χ0v) is 12.0. The first-order chi connectivity index (χ1) is 9.58. The Hall–Kier alpha value is -2.13. The third kappa shape index (κ3) is 2.00. The Morgan fingerprint density at radius 2 is 1.55 bits per heavy atom. The lowest BCUT2D eigenvalue weighted by atomic mass is 9.98. The summed E-state index contributed by atoms with van der Waals surface area (Å²) < 4.78 is 0. The Morgan fingerprint density at radius 1 is 0.950 bits per heavy atom. The number of halogens is 1. The molecule has 1 aromatic heterocycles. The van der Waals surface area contributed by atoms with Gasteiger partial charge in [0.2, 0.25) is 0 Å². The van der Waals surface area contributed by atoms with Gasteiger partial charge in [-0.25, -0.2) is 5.10 Å². The largest absolute Gasteiger partial charge is 0.272 e. The van der Waals surface area contributed by atoms with E-state index in [9.17, 15) is 4.79 Å². The van der Waals surface area contributed by atoms with Gasteiger partial charge in [0.25, 0.3) is 5.56 Å². The molecule has 0 bridgehead atoms. The number of H-pyrrole nitrogens is 1. The lowest BCUT2D eigenvalue weighted by molar-refractivity contribution is 1.01. The van der Waals surface area contributed by atoms with E-state index in [0.717, 1.165) is 27.8 Å². The van der Waals surface area contributed by atoms with Crippen LogP contribution in [-0.4, -0.2) is 10.2 Å². The summed E-state index contributed by atoms with van der Waals surface area (Å²) in [6.07, 6.45) is 0. The SMILES string of the molecule is Cc1ccc(C)c2c(=O)[nH]nc(-c3ccc(Cl)cc3)c12. The summed E-state index contributed by atoms with van der Waals surface area (Å²) in [5, 5.41) is 9.09. The van der Waals surface area contributed by atoms with Gasteiger partial charge < -0.3 is 0 Å². The average Bonchev–Trinajstić information content (AvgIpc) is 2.44. The van der Waals surface area contributed by atoms with Crippen LogP contribution in [0.25, 0.3) is 22.0 Å². The summed E-state index contributed by atoms with van der Waals surface area (Å²) in [4.78, 5) is 12.1. The predicted octanol–water partition coefficient (Wildman–Crippen LogP) is 3.86. The minimum absolute atomic E-state index is 0.154. The van der Waals surface area contributed by atoms with Gasteiger partial charge in [-0.2, -0.15) is 5.10 Å². The van der Waals surface area contributed by atoms with Gasteiger partial charge in [0.1, 0.15) is 0 Å². The maximum atomic E-state index is 12.1. The zero-order valence-electron chi connectivity index (χ0n) is 11.2. The van der Waals surface area contributed by atoms with E-state index in [4.69, 9.17) is 11.6 Å². The lowest BCUT2D eigenvalue weighted by Crippen LogP contribution is -2.11. The van der Waals surface area contributed by atoms with Crippen molar-refractivity contribution in [2.24, 2.45) is 0 Å². The van der Waals surface area contributed by atoms with E-state index in [1.54, 1.807) is 0 Å². The minimum Gasteiger partial charge on any atom is -0.267 e. The van der Waals surface area contributed by atoms with Gasteiger partial charge in [-0.1, -0.05) is 35.9 Å². The van der Waals surface area contributed by atoms with E-state index in [1.165, 1.54) is 0 Å². The van der Waals surface area contributed by atoms with Crippen molar-refractivity contribution in [2.75, 3.05) is 0 Å². The number of benzene rings is 2. The monoisotopic (exact) mass is 284 g/mol. The van der Waals surface area contributed by atoms with E-state index in [-0.39, 0.29) is 5.56 Å². The molecule has 0 amide bonds. The van der Waals surface area contributed by atoms with Crippen LogP contribution in [0.3, 0.4) is 0 Å². The van der Waals surface area contributed by atoms with E-state index in [1.807, 2.05) is 50.2 Å². The van der Waals surface area contributed by atoms with Gasteiger partial charge in [0.15, 0.2) is 0 Å². The molecule has 1 N–H and O–H groups in total. The van der Waals surface area contributed by atoms with Gasteiger partial charge in [-0.15, -0.1) is 0 Å². The summed E-state index contributed by atoms with van der Waals surface area (Å²) >= 11 is 5.92. The number of nitrogens with zero attached hydrogens (tertiary/aromatic N) is 1. The molecule has 0 radical (unpaired) electrons. The minimum atomic E-state index is -0.154. The number of aryl methyl sites for hydroxylation is 2. The van der Waals surface area contributed by atoms with Gasteiger partial charge >= 0.3 is 0 Å². The smallest absolute Gasteiger partial charge is 0.267 e. The summed E-state index contributed by atoms with van der Waals surface area (Å²) in [5.41, 5.74) is 3.54. The van der Waals surface area contributed by atoms with Crippen LogP contribution in [0.5, 0.6) is 0 Å². The Labute approximate surface area is 121 Å². The van der Waals surface area contributed by atoms with Gasteiger partial charge in [-0.05, 0) is 37.1 Å². The number of aromatic nitrogens is 2. The highest BCUT2D eigenvalue weighted by Crippen LogP contribution is 2.29. The van der Waals surface area contributed by atoms with Crippen LogP contribution in [-0.2, 0) is 0 Å². The maximum absolute atomic E-state index is 12.1. The quantitative estimate of drug-likeness (QED) is 0.737. The molecule has 100 valence electrons. The van der Waals surface area contributed by atoms with E-state index in [0.29, 0.717) is 10.4 Å². The zero-order chi connectivity index (χ0) is 14.3. The second-order valence-corrected chi connectivity index (χ2v) is 5.29. The second kappa shape index (κ2) is 4.76. The van der Waals surface area contributed by atoms with Crippen molar-refractivity contribution < 1.29 is 0 Å². The van der Waals surface area contributed by atoms with Crippen molar-refractivity contribution in [2.45, 2.75) is 13.8 Å². The molecule has 3 nitrogen and oxygen atoms in total. The number of rotatable bonds is 1. The molecule has 2 aromatic carbocycles. The van der Waals surface area contributed by atoms with Crippen molar-refractivity contribution in [1.29, 1.82) is 0 Å². The van der Waals surface area contributed by atoms with Crippen molar-refractivity contribution >= 4 is 22.4 Å². The first-order valence-corrected chi connectivity index (χ1v) is 6.70. The molecule has 1 heterocycles. The van der Waals surface area contributed by atoms with Crippen LogP contribution in [0.1, 0.15) is 11.1 Å². The Kier molecular flexibility index (Phi) is 3.07. The second-order valence-electron chi connectivity index (χ2n) is 4.86. The van der Waals surface area contributed by atoms with Gasteiger partial charge in [-0.3, -0.25) is 4.79 Å². The molecular formula is C16H13ClN2O. The Morgan fingerprint density at radius 3 is 2.20 bits per heavy atom. The number of nitrogens with one attached hydrogen (secondary N) is 1. The molecule has 20 heavy (non-hydrogen) atoms. The topological polar surface area (TPSA) is 45.8 Å². The Balaban J connectivity index is 2.43. The fourth-order valence-electron chi connectivity index (χ4n) is 2.44. The maximum Gasteiger partial charge on any atom is 0.272 e. The van der Waals surface area contributed by atoms with E-state index < -0.39 is 0 Å². The predicted molar refractivity (Wildman–Crippen MR) is 82.3 cm³/mol. The third-order valence-corrected chi connectivity index (χ3v) is 3.72. The fraction of sp³-hybridized carbons (Fsp3) is 0.125. The van der Waals surface area contributed by atoms with Crippen LogP contribution in [0, 0.1) is 13.8 Å². The molecule has 0 unspecified atom stereocenters. The van der Waals surface area contributed by atoms with Crippen molar-refractivity contribution in [3.05, 3.63) is 62.9 Å². The summed E-state index contributed by atoms with van der Waals surface area (Å²) in [6.45, 7) is 3.92. The lowest BCUT2D eigenvalue weighted by Gasteiger charge is -2.09. The molecule has 3 rings (SSSR count). The molecule has 0 aliphatic carbocycles. The molecule has 0 spiro atoms. The van der Waals surface area contributed by atoms with Crippen LogP contribution >= 0.6 is 11.6 Å². The first-order valence-electron chi connectivity index (χ1n) is 6.32. The molecule has 0 saturated carbocycles. The third-order valence-electron chi connectivity index (χ3n) is 3.47. The highest BCUT2D eigenvalue weighted by atomic mass is 35.5. The summed E-state index contributed by atoms with van der Waals surface area (Å²) in [5.74, 6) is 0. The first kappa shape index (κ1) is 12.9. The molecule has 0 saturated heterocycles.